The SMILES string of the molecule is CCOC(=O)c1c(C)nsc1NCCCCOC. The highest BCUT2D eigenvalue weighted by molar-refractivity contribution is 7.10. The largest absolute Gasteiger partial charge is 0.462 e. The van der Waals surface area contributed by atoms with Crippen molar-refractivity contribution < 1.29 is 14.3 Å². The molecular weight excluding hydrogens is 252 g/mol. The van der Waals surface area contributed by atoms with E-state index in [-0.39, 0.29) is 5.97 Å². The highest BCUT2D eigenvalue weighted by Crippen LogP contribution is 2.25. The number of anilines is 1. The number of aromatic nitrogens is 1. The number of carbonyl (C=O) groups is 1. The molecule has 0 saturated carbocycles. The fraction of sp³-hybridized carbons (Fsp3) is 0.667. The molecule has 0 aliphatic carbocycles. The summed E-state index contributed by atoms with van der Waals surface area (Å²) >= 11 is 1.30. The summed E-state index contributed by atoms with van der Waals surface area (Å²) in [5, 5.41) is 4.03. The maximum Gasteiger partial charge on any atom is 0.343 e. The number of nitrogens with one attached hydrogen (secondary N) is 1. The first-order chi connectivity index (χ1) is 8.70. The van der Waals surface area contributed by atoms with Gasteiger partial charge in [-0.3, -0.25) is 0 Å². The summed E-state index contributed by atoms with van der Waals surface area (Å²) in [5.41, 5.74) is 1.28. The first-order valence-corrected chi connectivity index (χ1v) is 6.84. The van der Waals surface area contributed by atoms with Crippen LogP contribution in [0.2, 0.25) is 0 Å². The molecule has 0 radical (unpaired) electrons. The molecule has 1 aromatic rings. The van der Waals surface area contributed by atoms with Gasteiger partial charge in [0.1, 0.15) is 10.6 Å². The van der Waals surface area contributed by atoms with Gasteiger partial charge in [0.15, 0.2) is 0 Å². The second kappa shape index (κ2) is 8.05. The molecule has 0 unspecified atom stereocenters. The van der Waals surface area contributed by atoms with Crippen LogP contribution in [0, 0.1) is 6.92 Å². The van der Waals surface area contributed by atoms with Crippen molar-refractivity contribution in [2.45, 2.75) is 26.7 Å². The van der Waals surface area contributed by atoms with E-state index in [0.717, 1.165) is 36.7 Å². The Morgan fingerprint density at radius 2 is 2.22 bits per heavy atom. The average Bonchev–Trinajstić information content (AvgIpc) is 2.71. The molecule has 0 saturated heterocycles. The van der Waals surface area contributed by atoms with Crippen LogP contribution < -0.4 is 5.32 Å². The molecule has 102 valence electrons. The lowest BCUT2D eigenvalue weighted by atomic mass is 10.2. The lowest BCUT2D eigenvalue weighted by Gasteiger charge is -2.06. The van der Waals surface area contributed by atoms with Crippen LogP contribution in [0.15, 0.2) is 0 Å². The van der Waals surface area contributed by atoms with Crippen LogP contribution >= 0.6 is 11.5 Å². The summed E-state index contributed by atoms with van der Waals surface area (Å²) in [6.45, 7) is 5.55. The van der Waals surface area contributed by atoms with E-state index in [2.05, 4.69) is 9.69 Å². The molecule has 0 aliphatic rings. The monoisotopic (exact) mass is 272 g/mol. The highest BCUT2D eigenvalue weighted by atomic mass is 32.1. The number of aryl methyl sites for hydroxylation is 1. The third-order valence-electron chi connectivity index (χ3n) is 2.40. The summed E-state index contributed by atoms with van der Waals surface area (Å²) in [6, 6.07) is 0. The van der Waals surface area contributed by atoms with Crippen molar-refractivity contribution in [3.05, 3.63) is 11.3 Å². The van der Waals surface area contributed by atoms with Gasteiger partial charge in [0.25, 0.3) is 0 Å². The van der Waals surface area contributed by atoms with E-state index in [4.69, 9.17) is 9.47 Å². The van der Waals surface area contributed by atoms with Gasteiger partial charge in [-0.15, -0.1) is 0 Å². The van der Waals surface area contributed by atoms with Crippen LogP contribution in [0.1, 0.15) is 35.8 Å². The van der Waals surface area contributed by atoms with Crippen LogP contribution in [0.4, 0.5) is 5.00 Å². The van der Waals surface area contributed by atoms with Crippen LogP contribution in [0.3, 0.4) is 0 Å². The smallest absolute Gasteiger partial charge is 0.343 e. The minimum atomic E-state index is -0.303. The summed E-state index contributed by atoms with van der Waals surface area (Å²) in [5.74, 6) is -0.303. The zero-order valence-corrected chi connectivity index (χ0v) is 11.9. The fourth-order valence-electron chi connectivity index (χ4n) is 1.51. The van der Waals surface area contributed by atoms with Crippen molar-refractivity contribution >= 4 is 22.5 Å². The number of esters is 1. The normalized spacial score (nSPS) is 10.4. The standard InChI is InChI=1S/C12H20N2O3S/c1-4-17-12(15)10-9(2)14-18-11(10)13-7-5-6-8-16-3/h13H,4-8H2,1-3H3. The molecule has 0 aromatic carbocycles. The van der Waals surface area contributed by atoms with E-state index >= 15 is 0 Å². The second-order valence-electron chi connectivity index (χ2n) is 3.82. The molecular formula is C12H20N2O3S. The maximum atomic E-state index is 11.8. The lowest BCUT2D eigenvalue weighted by molar-refractivity contribution is 0.0527. The summed E-state index contributed by atoms with van der Waals surface area (Å²) < 4.78 is 14.2. The average molecular weight is 272 g/mol. The van der Waals surface area contributed by atoms with Crippen molar-refractivity contribution in [3.63, 3.8) is 0 Å². The summed E-state index contributed by atoms with van der Waals surface area (Å²) in [4.78, 5) is 11.8. The van der Waals surface area contributed by atoms with Crippen LogP contribution in [0.5, 0.6) is 0 Å². The Hall–Kier alpha value is -1.14. The van der Waals surface area contributed by atoms with Crippen molar-refractivity contribution in [1.82, 2.24) is 4.37 Å². The van der Waals surface area contributed by atoms with Crippen LogP contribution in [-0.2, 0) is 9.47 Å². The maximum absolute atomic E-state index is 11.8. The minimum absolute atomic E-state index is 0.303. The first-order valence-electron chi connectivity index (χ1n) is 6.06. The van der Waals surface area contributed by atoms with E-state index in [1.165, 1.54) is 11.5 Å². The van der Waals surface area contributed by atoms with Crippen molar-refractivity contribution in [1.29, 1.82) is 0 Å². The van der Waals surface area contributed by atoms with Gasteiger partial charge < -0.3 is 14.8 Å². The molecule has 1 N–H and O–H groups in total. The summed E-state index contributed by atoms with van der Waals surface area (Å²) in [6.07, 6.45) is 1.99. The van der Waals surface area contributed by atoms with Crippen LogP contribution in [-0.4, -0.2) is 37.2 Å². The third-order valence-corrected chi connectivity index (χ3v) is 3.30. The van der Waals surface area contributed by atoms with Gasteiger partial charge in [-0.25, -0.2) is 4.79 Å². The molecule has 0 fully saturated rings. The first kappa shape index (κ1) is 14.9. The van der Waals surface area contributed by atoms with E-state index in [1.807, 2.05) is 6.92 Å². The molecule has 0 bridgehead atoms. The molecule has 1 aromatic heterocycles. The fourth-order valence-corrected chi connectivity index (χ4v) is 2.32. The molecule has 1 rings (SSSR count). The van der Waals surface area contributed by atoms with E-state index in [0.29, 0.717) is 12.2 Å². The zero-order chi connectivity index (χ0) is 13.4. The van der Waals surface area contributed by atoms with E-state index in [1.54, 1.807) is 14.0 Å². The molecule has 1 heterocycles. The molecule has 0 atom stereocenters. The van der Waals surface area contributed by atoms with Crippen molar-refractivity contribution in [2.24, 2.45) is 0 Å². The number of methoxy groups -OCH3 is 1. The number of unbranched alkanes of at least 4 members (excludes halogenated alkanes) is 1. The molecule has 0 amide bonds. The van der Waals surface area contributed by atoms with Gasteiger partial charge >= 0.3 is 5.97 Å². The van der Waals surface area contributed by atoms with Crippen molar-refractivity contribution in [3.8, 4) is 0 Å². The van der Waals surface area contributed by atoms with Gasteiger partial charge in [0, 0.05) is 20.3 Å². The van der Waals surface area contributed by atoms with Gasteiger partial charge in [-0.05, 0) is 38.2 Å². The Morgan fingerprint density at radius 3 is 2.89 bits per heavy atom. The Labute approximate surface area is 112 Å². The zero-order valence-electron chi connectivity index (χ0n) is 11.1. The molecule has 5 nitrogen and oxygen atoms in total. The molecule has 18 heavy (non-hydrogen) atoms. The van der Waals surface area contributed by atoms with Gasteiger partial charge in [0.2, 0.25) is 0 Å². The Balaban J connectivity index is 2.52. The number of nitrogens with zero attached hydrogens (tertiary/aromatic N) is 1. The Morgan fingerprint density at radius 1 is 1.44 bits per heavy atom. The third kappa shape index (κ3) is 4.27. The van der Waals surface area contributed by atoms with Crippen LogP contribution in [0.25, 0.3) is 0 Å². The highest BCUT2D eigenvalue weighted by Gasteiger charge is 2.18. The minimum Gasteiger partial charge on any atom is -0.462 e. The van der Waals surface area contributed by atoms with Gasteiger partial charge in [-0.1, -0.05) is 0 Å². The number of hydrogen-bond acceptors (Lipinski definition) is 6. The topological polar surface area (TPSA) is 60.5 Å². The number of hydrogen-bond donors (Lipinski definition) is 1. The second-order valence-corrected chi connectivity index (χ2v) is 4.59. The van der Waals surface area contributed by atoms with Gasteiger partial charge in [0.05, 0.1) is 12.3 Å². The predicted molar refractivity (Wildman–Crippen MR) is 72.4 cm³/mol. The molecule has 0 aliphatic heterocycles. The molecule has 0 spiro atoms. The Kier molecular flexibility index (Phi) is 6.67. The van der Waals surface area contributed by atoms with E-state index in [9.17, 15) is 4.79 Å². The molecule has 6 heteroatoms. The number of rotatable bonds is 8. The van der Waals surface area contributed by atoms with E-state index < -0.39 is 0 Å². The number of ether oxygens (including phenoxy) is 2. The predicted octanol–water partition coefficient (Wildman–Crippen LogP) is 2.47. The van der Waals surface area contributed by atoms with Gasteiger partial charge in [-0.2, -0.15) is 4.37 Å². The lowest BCUT2D eigenvalue weighted by Crippen LogP contribution is -2.10. The quantitative estimate of drug-likeness (QED) is 0.582. The van der Waals surface area contributed by atoms with Crippen molar-refractivity contribution in [2.75, 3.05) is 32.2 Å². The summed E-state index contributed by atoms with van der Waals surface area (Å²) in [7, 11) is 1.69. The number of carbonyl (C=O) groups excluding carboxylic acids is 1. The Bertz CT molecular complexity index is 379.